The molecule has 0 unspecified atom stereocenters. The van der Waals surface area contributed by atoms with Crippen molar-refractivity contribution in [2.75, 3.05) is 7.11 Å². The van der Waals surface area contributed by atoms with E-state index in [2.05, 4.69) is 15.0 Å². The van der Waals surface area contributed by atoms with Gasteiger partial charge in [-0.25, -0.2) is 9.97 Å². The van der Waals surface area contributed by atoms with Crippen molar-refractivity contribution in [1.82, 2.24) is 14.5 Å². The van der Waals surface area contributed by atoms with Crippen molar-refractivity contribution in [1.29, 1.82) is 0 Å². The first-order valence-electron chi connectivity index (χ1n) is 8.28. The molecule has 0 amide bonds. The minimum atomic E-state index is 0.396. The second-order valence-electron chi connectivity index (χ2n) is 5.73. The van der Waals surface area contributed by atoms with Crippen LogP contribution in [0.1, 0.15) is 0 Å². The molecule has 4 rings (SSSR count). The number of halogens is 2. The second-order valence-corrected chi connectivity index (χ2v) is 7.38. The molecule has 140 valence electrons. The normalized spacial score (nSPS) is 11.6. The molecule has 0 bridgehead atoms. The van der Waals surface area contributed by atoms with Crippen LogP contribution in [-0.4, -0.2) is 21.6 Å². The molecule has 4 aromatic rings. The van der Waals surface area contributed by atoms with E-state index < -0.39 is 0 Å². The van der Waals surface area contributed by atoms with Crippen LogP contribution in [0.3, 0.4) is 0 Å². The third-order valence-electron chi connectivity index (χ3n) is 4.00. The van der Waals surface area contributed by atoms with E-state index in [0.29, 0.717) is 16.0 Å². The highest BCUT2D eigenvalue weighted by molar-refractivity contribution is 7.07. The molecular weight excluding hydrogens is 415 g/mol. The fraction of sp³-hybridized carbons (Fsp3) is 0.0500. The van der Waals surface area contributed by atoms with Crippen molar-refractivity contribution < 1.29 is 4.74 Å². The lowest BCUT2D eigenvalue weighted by atomic mass is 10.1. The van der Waals surface area contributed by atoms with Gasteiger partial charge in [0.2, 0.25) is 0 Å². The summed E-state index contributed by atoms with van der Waals surface area (Å²) in [6, 6.07) is 15.1. The van der Waals surface area contributed by atoms with E-state index in [9.17, 15) is 0 Å². The average molecular weight is 429 g/mol. The first-order valence-corrected chi connectivity index (χ1v) is 9.91. The van der Waals surface area contributed by atoms with Crippen LogP contribution in [0.5, 0.6) is 5.75 Å². The number of benzene rings is 2. The summed E-state index contributed by atoms with van der Waals surface area (Å²) in [6.07, 6.45) is 3.33. The Morgan fingerprint density at radius 1 is 1.00 bits per heavy atom. The Balaban J connectivity index is 1.93. The number of aromatic nitrogens is 3. The summed E-state index contributed by atoms with van der Waals surface area (Å²) in [7, 11) is 1.64. The van der Waals surface area contributed by atoms with E-state index >= 15 is 0 Å². The van der Waals surface area contributed by atoms with E-state index in [4.69, 9.17) is 27.9 Å². The first kappa shape index (κ1) is 18.7. The molecule has 0 aliphatic heterocycles. The summed E-state index contributed by atoms with van der Waals surface area (Å²) < 4.78 is 7.30. The van der Waals surface area contributed by atoms with Gasteiger partial charge in [-0.15, -0.1) is 11.3 Å². The summed E-state index contributed by atoms with van der Waals surface area (Å²) in [5.41, 5.74) is 2.79. The van der Waals surface area contributed by atoms with Crippen molar-refractivity contribution in [3.8, 4) is 22.7 Å². The van der Waals surface area contributed by atoms with Gasteiger partial charge in [0.25, 0.3) is 5.95 Å². The molecule has 0 N–H and O–H groups in total. The van der Waals surface area contributed by atoms with Crippen LogP contribution < -0.4 is 9.54 Å². The summed E-state index contributed by atoms with van der Waals surface area (Å²) in [5.74, 6) is 1.17. The first-order chi connectivity index (χ1) is 13.7. The molecule has 0 fully saturated rings. The number of ether oxygens (including phenoxy) is 1. The van der Waals surface area contributed by atoms with Crippen molar-refractivity contribution in [2.45, 2.75) is 0 Å². The zero-order valence-electron chi connectivity index (χ0n) is 14.7. The monoisotopic (exact) mass is 428 g/mol. The Labute approximate surface area is 175 Å². The summed E-state index contributed by atoms with van der Waals surface area (Å²) in [4.78, 5) is 13.8. The smallest absolute Gasteiger partial charge is 0.251 e. The Bertz CT molecular complexity index is 1170. The van der Waals surface area contributed by atoms with Gasteiger partial charge in [0.05, 0.1) is 22.8 Å². The van der Waals surface area contributed by atoms with Crippen LogP contribution in [0, 0.1) is 0 Å². The van der Waals surface area contributed by atoms with Gasteiger partial charge in [-0.3, -0.25) is 4.57 Å². The molecule has 2 aromatic carbocycles. The highest BCUT2D eigenvalue weighted by atomic mass is 35.5. The minimum Gasteiger partial charge on any atom is -0.497 e. The Kier molecular flexibility index (Phi) is 5.43. The molecule has 2 aromatic heterocycles. The molecule has 0 atom stereocenters. The fourth-order valence-electron chi connectivity index (χ4n) is 2.66. The number of thiazole rings is 1. The Morgan fingerprint density at radius 2 is 1.75 bits per heavy atom. The summed E-state index contributed by atoms with van der Waals surface area (Å²) in [6.45, 7) is 0. The summed E-state index contributed by atoms with van der Waals surface area (Å²) >= 11 is 13.8. The fourth-order valence-corrected chi connectivity index (χ4v) is 3.86. The van der Waals surface area contributed by atoms with Crippen LogP contribution in [0.4, 0.5) is 5.95 Å². The maximum absolute atomic E-state index is 6.24. The van der Waals surface area contributed by atoms with E-state index in [0.717, 1.165) is 27.5 Å². The second kappa shape index (κ2) is 8.14. The predicted molar refractivity (Wildman–Crippen MR) is 113 cm³/mol. The van der Waals surface area contributed by atoms with Gasteiger partial charge in [-0.2, -0.15) is 4.99 Å². The third-order valence-corrected chi connectivity index (χ3v) is 5.57. The molecule has 0 aliphatic carbocycles. The number of nitrogens with zero attached hydrogens (tertiary/aromatic N) is 4. The quantitative estimate of drug-likeness (QED) is 0.428. The van der Waals surface area contributed by atoms with Crippen LogP contribution >= 0.6 is 34.5 Å². The minimum absolute atomic E-state index is 0.396. The SMILES string of the molecule is COc1ccc(-n2c(-c3ccc(Cl)c(Cl)c3)cs/c2=N\c2ncccn2)cc1. The lowest BCUT2D eigenvalue weighted by Crippen LogP contribution is -2.14. The number of rotatable bonds is 4. The van der Waals surface area contributed by atoms with Gasteiger partial charge in [0.1, 0.15) is 5.75 Å². The number of hydrogen-bond donors (Lipinski definition) is 0. The highest BCUT2D eigenvalue weighted by Gasteiger charge is 2.12. The maximum atomic E-state index is 6.24. The van der Waals surface area contributed by atoms with Crippen molar-refractivity contribution >= 4 is 40.5 Å². The van der Waals surface area contributed by atoms with E-state index in [1.807, 2.05) is 46.3 Å². The van der Waals surface area contributed by atoms with Gasteiger partial charge in [-0.05, 0) is 42.5 Å². The lowest BCUT2D eigenvalue weighted by molar-refractivity contribution is 0.414. The largest absolute Gasteiger partial charge is 0.497 e. The maximum Gasteiger partial charge on any atom is 0.251 e. The Morgan fingerprint density at radius 3 is 2.43 bits per heavy atom. The van der Waals surface area contributed by atoms with Gasteiger partial charge >= 0.3 is 0 Å². The van der Waals surface area contributed by atoms with Crippen molar-refractivity contribution in [3.63, 3.8) is 0 Å². The van der Waals surface area contributed by atoms with E-state index in [1.165, 1.54) is 11.3 Å². The zero-order valence-corrected chi connectivity index (χ0v) is 17.0. The molecule has 8 heteroatoms. The molecule has 0 radical (unpaired) electrons. The average Bonchev–Trinajstić information content (AvgIpc) is 3.14. The molecule has 2 heterocycles. The zero-order chi connectivity index (χ0) is 19.5. The third kappa shape index (κ3) is 3.80. The number of hydrogen-bond acceptors (Lipinski definition) is 5. The van der Waals surface area contributed by atoms with Gasteiger partial charge in [-0.1, -0.05) is 29.3 Å². The molecule has 0 saturated carbocycles. The van der Waals surface area contributed by atoms with Crippen molar-refractivity contribution in [3.05, 3.63) is 81.2 Å². The molecule has 0 saturated heterocycles. The van der Waals surface area contributed by atoms with Crippen LogP contribution in [0.25, 0.3) is 16.9 Å². The van der Waals surface area contributed by atoms with Crippen LogP contribution in [-0.2, 0) is 0 Å². The van der Waals surface area contributed by atoms with Crippen LogP contribution in [0.2, 0.25) is 10.0 Å². The Hall–Kier alpha value is -2.67. The van der Waals surface area contributed by atoms with Crippen LogP contribution in [0.15, 0.2) is 71.3 Å². The van der Waals surface area contributed by atoms with Crippen molar-refractivity contribution in [2.24, 2.45) is 4.99 Å². The van der Waals surface area contributed by atoms with E-state index in [-0.39, 0.29) is 0 Å². The molecular formula is C20H14Cl2N4OS. The van der Waals surface area contributed by atoms with E-state index in [1.54, 1.807) is 31.6 Å². The standard InChI is InChI=1S/C20H14Cl2N4OS/c1-27-15-6-4-14(5-7-15)26-18(13-3-8-16(21)17(22)11-13)12-28-20(26)25-19-23-9-2-10-24-19/h2-12H,1H3/b25-20-. The topological polar surface area (TPSA) is 52.3 Å². The van der Waals surface area contributed by atoms with Gasteiger partial charge in [0, 0.05) is 29.0 Å². The molecule has 28 heavy (non-hydrogen) atoms. The lowest BCUT2D eigenvalue weighted by Gasteiger charge is -2.11. The van der Waals surface area contributed by atoms with Gasteiger partial charge in [0.15, 0.2) is 4.80 Å². The summed E-state index contributed by atoms with van der Waals surface area (Å²) in [5, 5.41) is 3.03. The highest BCUT2D eigenvalue weighted by Crippen LogP contribution is 2.30. The number of methoxy groups -OCH3 is 1. The predicted octanol–water partition coefficient (Wildman–Crippen LogP) is 5.54. The van der Waals surface area contributed by atoms with Gasteiger partial charge < -0.3 is 4.74 Å². The molecule has 0 spiro atoms. The molecule has 0 aliphatic rings. The molecule has 5 nitrogen and oxygen atoms in total.